The van der Waals surface area contributed by atoms with Gasteiger partial charge in [0.15, 0.2) is 0 Å². The van der Waals surface area contributed by atoms with Gasteiger partial charge in [-0.15, -0.1) is 11.8 Å². The quantitative estimate of drug-likeness (QED) is 0.243. The molecule has 0 aliphatic carbocycles. The van der Waals surface area contributed by atoms with E-state index in [1.807, 2.05) is 11.8 Å². The van der Waals surface area contributed by atoms with Crippen LogP contribution in [0.1, 0.15) is 44.9 Å². The first kappa shape index (κ1) is 16.6. The first-order valence-electron chi connectivity index (χ1n) is 6.77. The van der Waals surface area contributed by atoms with Crippen molar-refractivity contribution in [2.75, 3.05) is 11.1 Å². The summed E-state index contributed by atoms with van der Waals surface area (Å²) in [7, 11) is 0. The molecule has 0 fully saturated rings. The van der Waals surface area contributed by atoms with Crippen molar-refractivity contribution in [3.8, 4) is 0 Å². The van der Waals surface area contributed by atoms with Crippen LogP contribution >= 0.6 is 43.6 Å². The molecule has 102 valence electrons. The second kappa shape index (κ2) is 11.4. The average molecular weight is 394 g/mol. The van der Waals surface area contributed by atoms with Crippen molar-refractivity contribution in [2.24, 2.45) is 0 Å². The topological polar surface area (TPSA) is 0 Å². The van der Waals surface area contributed by atoms with Crippen molar-refractivity contribution in [3.63, 3.8) is 0 Å². The van der Waals surface area contributed by atoms with Crippen LogP contribution in [0.3, 0.4) is 0 Å². The molecule has 1 rings (SSSR count). The summed E-state index contributed by atoms with van der Waals surface area (Å²) in [6, 6.07) is 8.61. The average Bonchev–Trinajstić information content (AvgIpc) is 2.39. The molecule has 0 heterocycles. The van der Waals surface area contributed by atoms with E-state index in [9.17, 15) is 0 Å². The Balaban J connectivity index is 1.91. The Morgan fingerprint density at radius 3 is 1.94 bits per heavy atom. The third-order valence-corrected chi connectivity index (χ3v) is 5.05. The summed E-state index contributed by atoms with van der Waals surface area (Å²) in [4.78, 5) is 1.38. The monoisotopic (exact) mass is 392 g/mol. The highest BCUT2D eigenvalue weighted by atomic mass is 79.9. The van der Waals surface area contributed by atoms with Gasteiger partial charge in [-0.1, -0.05) is 64.0 Å². The summed E-state index contributed by atoms with van der Waals surface area (Å²) in [6.45, 7) is 0. The Kier molecular flexibility index (Phi) is 10.5. The van der Waals surface area contributed by atoms with E-state index in [4.69, 9.17) is 0 Å². The van der Waals surface area contributed by atoms with Gasteiger partial charge in [0.1, 0.15) is 0 Å². The largest absolute Gasteiger partial charge is 0.126 e. The van der Waals surface area contributed by atoms with Crippen LogP contribution in [-0.4, -0.2) is 11.1 Å². The van der Waals surface area contributed by atoms with Crippen LogP contribution in [0.2, 0.25) is 0 Å². The van der Waals surface area contributed by atoms with Gasteiger partial charge in [0, 0.05) is 14.7 Å². The van der Waals surface area contributed by atoms with Gasteiger partial charge in [-0.2, -0.15) is 0 Å². The first-order valence-corrected chi connectivity index (χ1v) is 9.67. The molecule has 0 amide bonds. The lowest BCUT2D eigenvalue weighted by molar-refractivity contribution is 0.606. The Bertz CT molecular complexity index is 298. The summed E-state index contributed by atoms with van der Waals surface area (Å²) in [5, 5.41) is 1.16. The van der Waals surface area contributed by atoms with Crippen LogP contribution in [0.25, 0.3) is 0 Å². The van der Waals surface area contributed by atoms with Crippen LogP contribution in [0.4, 0.5) is 0 Å². The Labute approximate surface area is 133 Å². The molecular formula is C15H22Br2S. The van der Waals surface area contributed by atoms with Crippen LogP contribution in [0.15, 0.2) is 33.6 Å². The maximum Gasteiger partial charge on any atom is 0.0176 e. The number of alkyl halides is 1. The molecule has 0 unspecified atom stereocenters. The van der Waals surface area contributed by atoms with Crippen LogP contribution < -0.4 is 0 Å². The predicted molar refractivity (Wildman–Crippen MR) is 91.0 cm³/mol. The first-order chi connectivity index (χ1) is 8.83. The van der Waals surface area contributed by atoms with E-state index in [2.05, 4.69) is 56.1 Å². The molecule has 0 N–H and O–H groups in total. The summed E-state index contributed by atoms with van der Waals surface area (Å²) in [6.07, 6.45) is 9.68. The molecule has 0 aromatic heterocycles. The Hall–Kier alpha value is 0.530. The molecule has 0 saturated heterocycles. The summed E-state index contributed by atoms with van der Waals surface area (Å²) < 4.78 is 1.16. The molecule has 0 atom stereocenters. The molecule has 0 radical (unpaired) electrons. The molecule has 3 heteroatoms. The lowest BCUT2D eigenvalue weighted by atomic mass is 10.1. The molecule has 0 aliphatic rings. The molecule has 0 aliphatic heterocycles. The second-order valence-electron chi connectivity index (χ2n) is 4.47. The smallest absolute Gasteiger partial charge is 0.0176 e. The van der Waals surface area contributed by atoms with Crippen molar-refractivity contribution in [3.05, 3.63) is 28.7 Å². The van der Waals surface area contributed by atoms with Gasteiger partial charge in [-0.3, -0.25) is 0 Å². The van der Waals surface area contributed by atoms with Crippen molar-refractivity contribution < 1.29 is 0 Å². The highest BCUT2D eigenvalue weighted by Gasteiger charge is 1.95. The van der Waals surface area contributed by atoms with Gasteiger partial charge >= 0.3 is 0 Å². The van der Waals surface area contributed by atoms with E-state index in [0.717, 1.165) is 9.80 Å². The van der Waals surface area contributed by atoms with Crippen LogP contribution in [-0.2, 0) is 0 Å². The molecule has 18 heavy (non-hydrogen) atoms. The zero-order valence-corrected chi connectivity index (χ0v) is 14.8. The van der Waals surface area contributed by atoms with Gasteiger partial charge < -0.3 is 0 Å². The van der Waals surface area contributed by atoms with E-state index in [1.54, 1.807) is 0 Å². The number of thioether (sulfide) groups is 1. The van der Waals surface area contributed by atoms with Crippen molar-refractivity contribution in [1.82, 2.24) is 0 Å². The fourth-order valence-electron chi connectivity index (χ4n) is 1.80. The predicted octanol–water partition coefficient (Wildman–Crippen LogP) is 6.67. The highest BCUT2D eigenvalue weighted by Crippen LogP contribution is 2.22. The normalized spacial score (nSPS) is 10.8. The molecule has 1 aromatic carbocycles. The van der Waals surface area contributed by atoms with Crippen LogP contribution in [0.5, 0.6) is 0 Å². The van der Waals surface area contributed by atoms with E-state index < -0.39 is 0 Å². The number of hydrogen-bond donors (Lipinski definition) is 0. The maximum atomic E-state index is 3.47. The number of hydrogen-bond acceptors (Lipinski definition) is 1. The van der Waals surface area contributed by atoms with E-state index >= 15 is 0 Å². The molecule has 1 aromatic rings. The zero-order chi connectivity index (χ0) is 13.1. The van der Waals surface area contributed by atoms with E-state index in [1.165, 1.54) is 55.6 Å². The van der Waals surface area contributed by atoms with Gasteiger partial charge in [0.2, 0.25) is 0 Å². The number of halogens is 2. The third kappa shape index (κ3) is 8.60. The van der Waals surface area contributed by atoms with Crippen molar-refractivity contribution in [1.29, 1.82) is 0 Å². The Morgan fingerprint density at radius 1 is 0.778 bits per heavy atom. The molecule has 0 saturated carbocycles. The van der Waals surface area contributed by atoms with Gasteiger partial charge in [-0.05, 0) is 42.9 Å². The lowest BCUT2D eigenvalue weighted by Crippen LogP contribution is -1.83. The number of benzene rings is 1. The summed E-state index contributed by atoms with van der Waals surface area (Å²) in [5.74, 6) is 1.25. The third-order valence-electron chi connectivity index (χ3n) is 2.86. The second-order valence-corrected chi connectivity index (χ2v) is 7.34. The van der Waals surface area contributed by atoms with Gasteiger partial charge in [-0.25, -0.2) is 0 Å². The SMILES string of the molecule is BrCCCCCCCCCSc1ccc(Br)cc1. The zero-order valence-electron chi connectivity index (χ0n) is 10.8. The van der Waals surface area contributed by atoms with Crippen molar-refractivity contribution in [2.45, 2.75) is 49.8 Å². The fraction of sp³-hybridized carbons (Fsp3) is 0.600. The van der Waals surface area contributed by atoms with Crippen LogP contribution in [0, 0.1) is 0 Å². The number of rotatable bonds is 10. The molecular weight excluding hydrogens is 372 g/mol. The summed E-state index contributed by atoms with van der Waals surface area (Å²) >= 11 is 8.91. The molecule has 0 nitrogen and oxygen atoms in total. The molecule has 0 bridgehead atoms. The number of unbranched alkanes of at least 4 members (excludes halogenated alkanes) is 6. The van der Waals surface area contributed by atoms with Gasteiger partial charge in [0.05, 0.1) is 0 Å². The Morgan fingerprint density at radius 2 is 1.33 bits per heavy atom. The van der Waals surface area contributed by atoms with E-state index in [-0.39, 0.29) is 0 Å². The minimum atomic E-state index is 1.16. The highest BCUT2D eigenvalue weighted by molar-refractivity contribution is 9.10. The maximum absolute atomic E-state index is 3.47. The lowest BCUT2D eigenvalue weighted by Gasteiger charge is -2.02. The van der Waals surface area contributed by atoms with Crippen molar-refractivity contribution >= 4 is 43.6 Å². The fourth-order valence-corrected chi connectivity index (χ4v) is 3.37. The minimum Gasteiger partial charge on any atom is -0.126 e. The van der Waals surface area contributed by atoms with Gasteiger partial charge in [0.25, 0.3) is 0 Å². The molecule has 0 spiro atoms. The standard InChI is InChI=1S/C15H22Br2S/c16-12-6-4-2-1-3-5-7-13-18-15-10-8-14(17)9-11-15/h8-11H,1-7,12-13H2. The summed E-state index contributed by atoms with van der Waals surface area (Å²) in [5.41, 5.74) is 0. The van der Waals surface area contributed by atoms with E-state index in [0.29, 0.717) is 0 Å². The minimum absolute atomic E-state index is 1.16.